The molecule has 2 aromatic heterocycles. The molecular formula is C8H11N5S. The van der Waals surface area contributed by atoms with Crippen LogP contribution >= 0.6 is 11.3 Å². The SMILES string of the molecule is Cn1cnnc1CCNc1nccs1. The fraction of sp³-hybridized carbons (Fsp3) is 0.375. The van der Waals surface area contributed by atoms with Gasteiger partial charge in [-0.05, 0) is 0 Å². The number of thiazole rings is 1. The quantitative estimate of drug-likeness (QED) is 0.813. The van der Waals surface area contributed by atoms with Crippen molar-refractivity contribution in [3.63, 3.8) is 0 Å². The minimum atomic E-state index is 0.833. The van der Waals surface area contributed by atoms with Crippen molar-refractivity contribution in [1.82, 2.24) is 19.7 Å². The summed E-state index contributed by atoms with van der Waals surface area (Å²) in [5.41, 5.74) is 0. The van der Waals surface area contributed by atoms with Crippen LogP contribution in [-0.2, 0) is 13.5 Å². The molecule has 0 amide bonds. The van der Waals surface area contributed by atoms with Gasteiger partial charge in [-0.2, -0.15) is 0 Å². The van der Waals surface area contributed by atoms with E-state index < -0.39 is 0 Å². The van der Waals surface area contributed by atoms with Crippen LogP contribution in [0.4, 0.5) is 5.13 Å². The molecule has 0 unspecified atom stereocenters. The molecule has 0 saturated carbocycles. The van der Waals surface area contributed by atoms with Gasteiger partial charge in [-0.25, -0.2) is 4.98 Å². The summed E-state index contributed by atoms with van der Waals surface area (Å²) in [6.45, 7) is 0.833. The van der Waals surface area contributed by atoms with Gasteiger partial charge in [-0.1, -0.05) is 0 Å². The van der Waals surface area contributed by atoms with E-state index in [9.17, 15) is 0 Å². The average molecular weight is 209 g/mol. The van der Waals surface area contributed by atoms with Crippen LogP contribution in [0.1, 0.15) is 5.82 Å². The van der Waals surface area contributed by atoms with Gasteiger partial charge in [0, 0.05) is 31.6 Å². The molecular weight excluding hydrogens is 198 g/mol. The largest absolute Gasteiger partial charge is 0.361 e. The number of rotatable bonds is 4. The molecule has 0 radical (unpaired) electrons. The number of nitrogens with one attached hydrogen (secondary N) is 1. The third-order valence-electron chi connectivity index (χ3n) is 1.86. The molecule has 2 rings (SSSR count). The highest BCUT2D eigenvalue weighted by atomic mass is 32.1. The number of aryl methyl sites for hydroxylation is 1. The zero-order valence-corrected chi connectivity index (χ0v) is 8.66. The van der Waals surface area contributed by atoms with Crippen LogP contribution in [0.5, 0.6) is 0 Å². The minimum Gasteiger partial charge on any atom is -0.361 e. The summed E-state index contributed by atoms with van der Waals surface area (Å²) < 4.78 is 1.92. The monoisotopic (exact) mass is 209 g/mol. The normalized spacial score (nSPS) is 10.4. The standard InChI is InChI=1S/C8H11N5S/c1-13-6-11-12-7(13)2-3-9-8-10-4-5-14-8/h4-6H,2-3H2,1H3,(H,9,10). The first-order valence-electron chi connectivity index (χ1n) is 4.32. The summed E-state index contributed by atoms with van der Waals surface area (Å²) in [6, 6.07) is 0. The lowest BCUT2D eigenvalue weighted by Crippen LogP contribution is -2.08. The lowest BCUT2D eigenvalue weighted by molar-refractivity contribution is 0.788. The summed E-state index contributed by atoms with van der Waals surface area (Å²) in [6.07, 6.45) is 4.35. The second-order valence-electron chi connectivity index (χ2n) is 2.87. The van der Waals surface area contributed by atoms with Gasteiger partial charge >= 0.3 is 0 Å². The first kappa shape index (κ1) is 9.14. The van der Waals surface area contributed by atoms with Gasteiger partial charge in [0.2, 0.25) is 0 Å². The van der Waals surface area contributed by atoms with Crippen molar-refractivity contribution >= 4 is 16.5 Å². The molecule has 0 bridgehead atoms. The highest BCUT2D eigenvalue weighted by Crippen LogP contribution is 2.09. The maximum absolute atomic E-state index is 4.12. The fourth-order valence-electron chi connectivity index (χ4n) is 1.13. The number of hydrogen-bond acceptors (Lipinski definition) is 5. The average Bonchev–Trinajstić information content (AvgIpc) is 2.78. The second-order valence-corrected chi connectivity index (χ2v) is 3.77. The van der Waals surface area contributed by atoms with Crippen molar-refractivity contribution in [2.75, 3.05) is 11.9 Å². The smallest absolute Gasteiger partial charge is 0.182 e. The Morgan fingerprint density at radius 1 is 1.57 bits per heavy atom. The van der Waals surface area contributed by atoms with Crippen LogP contribution in [0, 0.1) is 0 Å². The molecule has 0 aliphatic carbocycles. The number of aromatic nitrogens is 4. The molecule has 1 N–H and O–H groups in total. The predicted molar refractivity (Wildman–Crippen MR) is 55.3 cm³/mol. The summed E-state index contributed by atoms with van der Waals surface area (Å²) in [4.78, 5) is 4.12. The Labute approximate surface area is 85.8 Å². The van der Waals surface area contributed by atoms with E-state index >= 15 is 0 Å². The van der Waals surface area contributed by atoms with Crippen LogP contribution in [0.3, 0.4) is 0 Å². The molecule has 14 heavy (non-hydrogen) atoms. The van der Waals surface area contributed by atoms with Crippen molar-refractivity contribution in [3.8, 4) is 0 Å². The zero-order chi connectivity index (χ0) is 9.80. The molecule has 74 valence electrons. The Balaban J connectivity index is 1.81. The minimum absolute atomic E-state index is 0.833. The Bertz CT molecular complexity index is 380. The predicted octanol–water partition coefficient (Wildman–Crippen LogP) is 0.926. The third kappa shape index (κ3) is 2.08. The Hall–Kier alpha value is -1.43. The topological polar surface area (TPSA) is 55.6 Å². The molecule has 2 aromatic rings. The van der Waals surface area contributed by atoms with E-state index in [1.807, 2.05) is 17.0 Å². The van der Waals surface area contributed by atoms with Crippen LogP contribution < -0.4 is 5.32 Å². The summed E-state index contributed by atoms with van der Waals surface area (Å²) >= 11 is 1.60. The Morgan fingerprint density at radius 3 is 3.14 bits per heavy atom. The number of anilines is 1. The molecule has 0 atom stereocenters. The van der Waals surface area contributed by atoms with Crippen LogP contribution in [-0.4, -0.2) is 26.3 Å². The molecule has 0 aromatic carbocycles. The summed E-state index contributed by atoms with van der Waals surface area (Å²) in [5, 5.41) is 13.9. The molecule has 0 aliphatic rings. The molecule has 2 heterocycles. The first-order chi connectivity index (χ1) is 6.86. The van der Waals surface area contributed by atoms with E-state index in [2.05, 4.69) is 20.5 Å². The van der Waals surface area contributed by atoms with Crippen LogP contribution in [0.25, 0.3) is 0 Å². The van der Waals surface area contributed by atoms with Gasteiger partial charge < -0.3 is 9.88 Å². The number of hydrogen-bond donors (Lipinski definition) is 1. The van der Waals surface area contributed by atoms with Gasteiger partial charge in [0.1, 0.15) is 12.2 Å². The van der Waals surface area contributed by atoms with E-state index in [0.717, 1.165) is 23.9 Å². The lowest BCUT2D eigenvalue weighted by Gasteiger charge is -2.01. The highest BCUT2D eigenvalue weighted by molar-refractivity contribution is 7.13. The van der Waals surface area contributed by atoms with Crippen molar-refractivity contribution in [1.29, 1.82) is 0 Å². The van der Waals surface area contributed by atoms with E-state index in [1.165, 1.54) is 0 Å². The van der Waals surface area contributed by atoms with Gasteiger partial charge in [0.05, 0.1) is 0 Å². The van der Waals surface area contributed by atoms with E-state index in [1.54, 1.807) is 23.9 Å². The van der Waals surface area contributed by atoms with E-state index in [0.29, 0.717) is 0 Å². The first-order valence-corrected chi connectivity index (χ1v) is 5.20. The maximum atomic E-state index is 4.12. The van der Waals surface area contributed by atoms with Gasteiger partial charge in [0.25, 0.3) is 0 Å². The van der Waals surface area contributed by atoms with E-state index in [-0.39, 0.29) is 0 Å². The lowest BCUT2D eigenvalue weighted by atomic mass is 10.4. The van der Waals surface area contributed by atoms with Crippen LogP contribution in [0.15, 0.2) is 17.9 Å². The molecule has 5 nitrogen and oxygen atoms in total. The maximum Gasteiger partial charge on any atom is 0.182 e. The van der Waals surface area contributed by atoms with Gasteiger partial charge in [-0.3, -0.25) is 0 Å². The Kier molecular flexibility index (Phi) is 2.73. The molecule has 6 heteroatoms. The van der Waals surface area contributed by atoms with Crippen molar-refractivity contribution in [2.45, 2.75) is 6.42 Å². The molecule has 0 fully saturated rings. The molecule has 0 aliphatic heterocycles. The van der Waals surface area contributed by atoms with Crippen molar-refractivity contribution < 1.29 is 0 Å². The third-order valence-corrected chi connectivity index (χ3v) is 2.59. The fourth-order valence-corrected chi connectivity index (χ4v) is 1.68. The summed E-state index contributed by atoms with van der Waals surface area (Å²) in [5.74, 6) is 0.981. The van der Waals surface area contributed by atoms with Crippen LogP contribution in [0.2, 0.25) is 0 Å². The van der Waals surface area contributed by atoms with Gasteiger partial charge in [0.15, 0.2) is 5.13 Å². The summed E-state index contributed by atoms with van der Waals surface area (Å²) in [7, 11) is 1.94. The zero-order valence-electron chi connectivity index (χ0n) is 7.84. The molecule has 0 saturated heterocycles. The van der Waals surface area contributed by atoms with Crippen molar-refractivity contribution in [3.05, 3.63) is 23.7 Å². The van der Waals surface area contributed by atoms with Crippen molar-refractivity contribution in [2.24, 2.45) is 7.05 Å². The molecule has 0 spiro atoms. The number of nitrogens with zero attached hydrogens (tertiary/aromatic N) is 4. The highest BCUT2D eigenvalue weighted by Gasteiger charge is 2.00. The van der Waals surface area contributed by atoms with E-state index in [4.69, 9.17) is 0 Å². The van der Waals surface area contributed by atoms with Gasteiger partial charge in [-0.15, -0.1) is 21.5 Å². The Morgan fingerprint density at radius 2 is 2.50 bits per heavy atom. The second kappa shape index (κ2) is 4.19.